The molecule has 1 unspecified atom stereocenters. The molecule has 5 heteroatoms. The number of nitrogens with zero attached hydrogens (tertiary/aromatic N) is 1. The van der Waals surface area contributed by atoms with Gasteiger partial charge in [0.05, 0.1) is 5.56 Å². The maximum atomic E-state index is 12.8. The highest BCUT2D eigenvalue weighted by atomic mass is 19.4. The van der Waals surface area contributed by atoms with Gasteiger partial charge in [-0.1, -0.05) is 12.1 Å². The molecule has 18 heavy (non-hydrogen) atoms. The Labute approximate surface area is 103 Å². The molecule has 0 fully saturated rings. The van der Waals surface area contributed by atoms with Gasteiger partial charge in [-0.2, -0.15) is 13.2 Å². The molecule has 0 saturated carbocycles. The monoisotopic (exact) mass is 257 g/mol. The highest BCUT2D eigenvalue weighted by Crippen LogP contribution is 2.38. The molecule has 98 valence electrons. The van der Waals surface area contributed by atoms with Crippen LogP contribution in [-0.2, 0) is 12.6 Å². The topological polar surface area (TPSA) is 20.3 Å². The van der Waals surface area contributed by atoms with Gasteiger partial charge in [-0.15, -0.1) is 0 Å². The zero-order valence-electron chi connectivity index (χ0n) is 10.2. The number of alkyl halides is 3. The van der Waals surface area contributed by atoms with Crippen LogP contribution in [0.25, 0.3) is 0 Å². The SMILES string of the molecule is CN(C)CC1Cc2c(cccc2C(F)(F)F)C1=O. The first kappa shape index (κ1) is 13.1. The summed E-state index contributed by atoms with van der Waals surface area (Å²) in [6, 6.07) is 3.84. The van der Waals surface area contributed by atoms with Gasteiger partial charge in [0.25, 0.3) is 0 Å². The second-order valence-corrected chi connectivity index (χ2v) is 4.86. The Morgan fingerprint density at radius 3 is 2.56 bits per heavy atom. The van der Waals surface area contributed by atoms with Gasteiger partial charge >= 0.3 is 6.18 Å². The first-order valence-corrected chi connectivity index (χ1v) is 5.68. The maximum Gasteiger partial charge on any atom is 0.416 e. The molecule has 0 spiro atoms. The van der Waals surface area contributed by atoms with E-state index in [1.807, 2.05) is 4.90 Å². The summed E-state index contributed by atoms with van der Waals surface area (Å²) in [6.45, 7) is 0.477. The third kappa shape index (κ3) is 2.27. The highest BCUT2D eigenvalue weighted by molar-refractivity contribution is 6.02. The van der Waals surface area contributed by atoms with Crippen LogP contribution in [-0.4, -0.2) is 31.3 Å². The second-order valence-electron chi connectivity index (χ2n) is 4.86. The van der Waals surface area contributed by atoms with Gasteiger partial charge in [0.1, 0.15) is 0 Å². The molecule has 0 N–H and O–H groups in total. The Morgan fingerprint density at radius 2 is 2.00 bits per heavy atom. The average molecular weight is 257 g/mol. The van der Waals surface area contributed by atoms with Gasteiger partial charge in [-0.3, -0.25) is 4.79 Å². The van der Waals surface area contributed by atoms with Crippen LogP contribution in [0.2, 0.25) is 0 Å². The smallest absolute Gasteiger partial charge is 0.309 e. The third-order valence-electron chi connectivity index (χ3n) is 3.15. The fourth-order valence-electron chi connectivity index (χ4n) is 2.45. The summed E-state index contributed by atoms with van der Waals surface area (Å²) in [5.41, 5.74) is -0.284. The van der Waals surface area contributed by atoms with Gasteiger partial charge in [-0.25, -0.2) is 0 Å². The van der Waals surface area contributed by atoms with E-state index < -0.39 is 11.7 Å². The van der Waals surface area contributed by atoms with E-state index >= 15 is 0 Å². The number of carbonyl (C=O) groups excluding carboxylic acids is 1. The first-order chi connectivity index (χ1) is 8.30. The molecule has 1 aliphatic rings. The van der Waals surface area contributed by atoms with Crippen molar-refractivity contribution in [2.75, 3.05) is 20.6 Å². The van der Waals surface area contributed by atoms with Gasteiger partial charge in [0.15, 0.2) is 5.78 Å². The molecular formula is C13H14F3NO. The number of Topliss-reactive ketones (excluding diaryl/α,β-unsaturated/α-hetero) is 1. The van der Waals surface area contributed by atoms with Gasteiger partial charge in [0, 0.05) is 18.0 Å². The summed E-state index contributed by atoms with van der Waals surface area (Å²) < 4.78 is 38.5. The van der Waals surface area contributed by atoms with E-state index in [0.717, 1.165) is 6.07 Å². The molecule has 0 heterocycles. The summed E-state index contributed by atoms with van der Waals surface area (Å²) in [7, 11) is 3.61. The lowest BCUT2D eigenvalue weighted by atomic mass is 10.0. The van der Waals surface area contributed by atoms with E-state index in [9.17, 15) is 18.0 Å². The van der Waals surface area contributed by atoms with Gasteiger partial charge in [0.2, 0.25) is 0 Å². The fourth-order valence-corrected chi connectivity index (χ4v) is 2.45. The standard InChI is InChI=1S/C13H14F3NO/c1-17(2)7-8-6-10-9(12(8)18)4-3-5-11(10)13(14,15)16/h3-5,8H,6-7H2,1-2H3. The molecule has 2 nitrogen and oxygen atoms in total. The second kappa shape index (κ2) is 4.39. The quantitative estimate of drug-likeness (QED) is 0.811. The molecule has 1 aliphatic carbocycles. The molecule has 0 radical (unpaired) electrons. The summed E-state index contributed by atoms with van der Waals surface area (Å²) >= 11 is 0. The van der Waals surface area contributed by atoms with Crippen molar-refractivity contribution in [2.45, 2.75) is 12.6 Å². The molecule has 2 rings (SSSR count). The van der Waals surface area contributed by atoms with Crippen molar-refractivity contribution >= 4 is 5.78 Å². The largest absolute Gasteiger partial charge is 0.416 e. The zero-order chi connectivity index (χ0) is 13.5. The normalized spacial score (nSPS) is 19.4. The van der Waals surface area contributed by atoms with Crippen LogP contribution >= 0.6 is 0 Å². The van der Waals surface area contributed by atoms with Crippen LogP contribution in [0.4, 0.5) is 13.2 Å². The first-order valence-electron chi connectivity index (χ1n) is 5.68. The summed E-state index contributed by atoms with van der Waals surface area (Å²) in [5.74, 6) is -0.539. The number of halogens is 3. The minimum absolute atomic E-state index is 0.154. The molecule has 0 bridgehead atoms. The van der Waals surface area contributed by atoms with Crippen molar-refractivity contribution in [1.29, 1.82) is 0 Å². The summed E-state index contributed by atoms with van der Waals surface area (Å²) in [4.78, 5) is 13.8. The molecule has 0 amide bonds. The Morgan fingerprint density at radius 1 is 1.33 bits per heavy atom. The Kier molecular flexibility index (Phi) is 3.19. The predicted molar refractivity (Wildman–Crippen MR) is 61.5 cm³/mol. The number of rotatable bonds is 2. The van der Waals surface area contributed by atoms with Crippen molar-refractivity contribution in [2.24, 2.45) is 5.92 Å². The zero-order valence-corrected chi connectivity index (χ0v) is 10.2. The molecular weight excluding hydrogens is 243 g/mol. The van der Waals surface area contributed by atoms with Crippen LogP contribution in [0.1, 0.15) is 21.5 Å². The average Bonchev–Trinajstić information content (AvgIpc) is 2.54. The van der Waals surface area contributed by atoms with Crippen LogP contribution < -0.4 is 0 Å². The van der Waals surface area contributed by atoms with Crippen LogP contribution in [0.3, 0.4) is 0 Å². The van der Waals surface area contributed by atoms with Crippen molar-refractivity contribution in [1.82, 2.24) is 4.90 Å². The Bertz CT molecular complexity index is 480. The Hall–Kier alpha value is -1.36. The lowest BCUT2D eigenvalue weighted by molar-refractivity contribution is -0.138. The number of hydrogen-bond donors (Lipinski definition) is 0. The molecule has 1 aromatic carbocycles. The van der Waals surface area contributed by atoms with Crippen LogP contribution in [0, 0.1) is 5.92 Å². The summed E-state index contributed by atoms with van der Waals surface area (Å²) in [6.07, 6.45) is -4.21. The number of fused-ring (bicyclic) bond motifs is 1. The van der Waals surface area contributed by atoms with Gasteiger partial charge in [-0.05, 0) is 32.1 Å². The predicted octanol–water partition coefficient (Wildman–Crippen LogP) is 2.62. The van der Waals surface area contributed by atoms with E-state index in [4.69, 9.17) is 0 Å². The lowest BCUT2D eigenvalue weighted by Gasteiger charge is -2.14. The van der Waals surface area contributed by atoms with E-state index in [1.54, 1.807) is 14.1 Å². The third-order valence-corrected chi connectivity index (χ3v) is 3.15. The van der Waals surface area contributed by atoms with E-state index in [0.29, 0.717) is 6.54 Å². The van der Waals surface area contributed by atoms with Gasteiger partial charge < -0.3 is 4.90 Å². The molecule has 0 aromatic heterocycles. The van der Waals surface area contributed by atoms with Crippen molar-refractivity contribution in [3.63, 3.8) is 0 Å². The van der Waals surface area contributed by atoms with E-state index in [-0.39, 0.29) is 29.2 Å². The molecule has 0 aliphatic heterocycles. The molecule has 0 saturated heterocycles. The van der Waals surface area contributed by atoms with Crippen LogP contribution in [0.5, 0.6) is 0 Å². The minimum atomic E-state index is -4.39. The number of carbonyl (C=O) groups is 1. The Balaban J connectivity index is 2.39. The molecule has 1 atom stereocenters. The van der Waals surface area contributed by atoms with Crippen LogP contribution in [0.15, 0.2) is 18.2 Å². The van der Waals surface area contributed by atoms with E-state index in [2.05, 4.69) is 0 Å². The number of benzene rings is 1. The van der Waals surface area contributed by atoms with Crippen molar-refractivity contribution < 1.29 is 18.0 Å². The van der Waals surface area contributed by atoms with Crippen molar-refractivity contribution in [3.05, 3.63) is 34.9 Å². The number of hydrogen-bond acceptors (Lipinski definition) is 2. The highest BCUT2D eigenvalue weighted by Gasteiger charge is 2.40. The summed E-state index contributed by atoms with van der Waals surface area (Å²) in [5, 5.41) is 0. The fraction of sp³-hybridized carbons (Fsp3) is 0.462. The van der Waals surface area contributed by atoms with Crippen molar-refractivity contribution in [3.8, 4) is 0 Å². The molecule has 1 aromatic rings. The lowest BCUT2D eigenvalue weighted by Crippen LogP contribution is -2.25. The maximum absolute atomic E-state index is 12.8. The minimum Gasteiger partial charge on any atom is -0.309 e. The van der Waals surface area contributed by atoms with E-state index in [1.165, 1.54) is 12.1 Å². The number of ketones is 1.